The zero-order chi connectivity index (χ0) is 52.3. The molecule has 0 saturated carbocycles. The standard InChI is InChI=1S/C22H6F40O.Rb/c23-3(24)7(31,32)11(39,40)15(47,48)19(55,56)21(59,60)17(51,52)13(43,44)9(35,36)5(27,28)1-63-2-6(29,30)10(37,38)14(45,46)18(53,54)22(61,62)20(57,58)16(49,50)12(41,42)8(33,34)4(25)26;/h3-4H,1-2H2;. The van der Waals surface area contributed by atoms with E-state index in [9.17, 15) is 176 Å². The van der Waals surface area contributed by atoms with Crippen LogP contribution < -0.4 is 0 Å². The van der Waals surface area contributed by atoms with Gasteiger partial charge in [0.25, 0.3) is 0 Å². The molecule has 0 spiro atoms. The van der Waals surface area contributed by atoms with Gasteiger partial charge in [0.2, 0.25) is 0 Å². The minimum Gasteiger partial charge on any atom is -0.368 e. The Bertz CT molecular complexity index is 1490. The van der Waals surface area contributed by atoms with Crippen LogP contribution in [0.5, 0.6) is 0 Å². The van der Waals surface area contributed by atoms with Crippen LogP contribution in [0.3, 0.4) is 0 Å². The molecule has 0 aliphatic carbocycles. The molecule has 64 heavy (non-hydrogen) atoms. The molecule has 0 bridgehead atoms. The summed E-state index contributed by atoms with van der Waals surface area (Å²) in [5.74, 6) is -164. The molecule has 0 aliphatic rings. The molecule has 1 radical (unpaired) electrons. The Morgan fingerprint density at radius 3 is 0.484 bits per heavy atom. The van der Waals surface area contributed by atoms with Crippen molar-refractivity contribution in [1.29, 1.82) is 0 Å². The summed E-state index contributed by atoms with van der Waals surface area (Å²) in [6, 6.07) is 0. The quantitative estimate of drug-likeness (QED) is 0.0982. The van der Waals surface area contributed by atoms with Crippen molar-refractivity contribution in [3.05, 3.63) is 0 Å². The number of hydrogen-bond donors (Lipinski definition) is 0. The van der Waals surface area contributed by atoms with Crippen LogP contribution >= 0.6 is 0 Å². The van der Waals surface area contributed by atoms with E-state index in [4.69, 9.17) is 0 Å². The Labute approximate surface area is 369 Å². The van der Waals surface area contributed by atoms with E-state index in [-0.39, 0.29) is 58.2 Å². The number of halogens is 40. The molecule has 0 aromatic carbocycles. The van der Waals surface area contributed by atoms with Crippen molar-refractivity contribution in [2.75, 3.05) is 13.2 Å². The second-order valence-electron chi connectivity index (χ2n) is 11.8. The molecule has 0 heterocycles. The van der Waals surface area contributed by atoms with Crippen LogP contribution in [0.2, 0.25) is 0 Å². The molecule has 0 atom stereocenters. The summed E-state index contributed by atoms with van der Waals surface area (Å²) in [6.07, 6.45) is -12.9. The van der Waals surface area contributed by atoms with Gasteiger partial charge < -0.3 is 4.74 Å². The fourth-order valence-corrected chi connectivity index (χ4v) is 3.61. The maximum Gasteiger partial charge on any atom is 0.385 e. The number of ether oxygens (including phenoxy) is 1. The van der Waals surface area contributed by atoms with E-state index in [0.29, 0.717) is 0 Å². The van der Waals surface area contributed by atoms with E-state index >= 15 is 0 Å². The molecule has 0 saturated heterocycles. The molecular weight excluding hydrogens is 1130 g/mol. The summed E-state index contributed by atoms with van der Waals surface area (Å²) in [5, 5.41) is 0. The smallest absolute Gasteiger partial charge is 0.368 e. The largest absolute Gasteiger partial charge is 0.385 e. The number of alkyl halides is 40. The summed E-state index contributed by atoms with van der Waals surface area (Å²) < 4.78 is 539. The third-order valence-corrected chi connectivity index (χ3v) is 7.60. The second kappa shape index (κ2) is 17.1. The third-order valence-electron chi connectivity index (χ3n) is 7.60. The predicted octanol–water partition coefficient (Wildman–Crippen LogP) is 12.6. The molecular formula is C22H6F40ORb. The average Bonchev–Trinajstić information content (AvgIpc) is 3.06. The Balaban J connectivity index is 0. The average molecular weight is 1130 g/mol. The van der Waals surface area contributed by atoms with Crippen molar-refractivity contribution in [2.45, 2.75) is 119 Å². The van der Waals surface area contributed by atoms with Crippen LogP contribution in [-0.2, 0) is 4.74 Å². The Morgan fingerprint density at radius 2 is 0.344 bits per heavy atom. The first-order valence-corrected chi connectivity index (χ1v) is 13.5. The zero-order valence-corrected chi connectivity index (χ0v) is 33.0. The predicted molar refractivity (Wildman–Crippen MR) is 118 cm³/mol. The molecule has 1 nitrogen and oxygen atoms in total. The van der Waals surface area contributed by atoms with Crippen molar-refractivity contribution in [1.82, 2.24) is 0 Å². The monoisotopic (exact) mass is 1130 g/mol. The second-order valence-corrected chi connectivity index (χ2v) is 11.8. The van der Waals surface area contributed by atoms with Crippen molar-refractivity contribution in [3.8, 4) is 0 Å². The summed E-state index contributed by atoms with van der Waals surface area (Å²) in [4.78, 5) is 0. The molecule has 42 heteroatoms. The summed E-state index contributed by atoms with van der Waals surface area (Å²) in [6.45, 7) is -9.77. The van der Waals surface area contributed by atoms with Crippen LogP contribution in [0.1, 0.15) is 0 Å². The SMILES string of the molecule is FC(F)C(F)(F)C(F)(F)C(F)(F)C(F)(F)C(F)(F)C(F)(F)C(F)(F)C(F)(F)C(F)(F)COCC(F)(F)C(F)(F)C(F)(F)C(F)(F)C(F)(F)C(F)(F)C(F)(F)C(F)(F)C(F)(F)C(F)F.[Rb]. The molecule has 381 valence electrons. The van der Waals surface area contributed by atoms with Gasteiger partial charge in [-0.15, -0.1) is 0 Å². The van der Waals surface area contributed by atoms with E-state index in [0.717, 1.165) is 0 Å². The molecule has 0 amide bonds. The normalized spacial score (nSPS) is 16.8. The molecule has 0 N–H and O–H groups in total. The third kappa shape index (κ3) is 8.25. The number of rotatable bonds is 22. The van der Waals surface area contributed by atoms with Gasteiger partial charge in [-0.05, 0) is 0 Å². The minimum atomic E-state index is -9.70. The van der Waals surface area contributed by atoms with E-state index in [1.807, 2.05) is 0 Å². The molecule has 0 unspecified atom stereocenters. The van der Waals surface area contributed by atoms with Crippen LogP contribution in [0.25, 0.3) is 0 Å². The van der Waals surface area contributed by atoms with E-state index in [1.165, 1.54) is 0 Å². The molecule has 0 fully saturated rings. The molecule has 0 rings (SSSR count). The van der Waals surface area contributed by atoms with Gasteiger partial charge in [0, 0.05) is 58.2 Å². The summed E-state index contributed by atoms with van der Waals surface area (Å²) in [5.41, 5.74) is 0. The van der Waals surface area contributed by atoms with E-state index < -0.39 is 133 Å². The van der Waals surface area contributed by atoms with Gasteiger partial charge >= 0.3 is 119 Å². The first-order valence-electron chi connectivity index (χ1n) is 13.5. The van der Waals surface area contributed by atoms with Gasteiger partial charge in [0.1, 0.15) is 13.2 Å². The number of hydrogen-bond acceptors (Lipinski definition) is 1. The van der Waals surface area contributed by atoms with Gasteiger partial charge in [-0.3, -0.25) is 0 Å². The maximum absolute atomic E-state index is 13.9. The van der Waals surface area contributed by atoms with E-state index in [2.05, 4.69) is 4.74 Å². The zero-order valence-electron chi connectivity index (χ0n) is 28.1. The van der Waals surface area contributed by atoms with Gasteiger partial charge in [-0.25, -0.2) is 17.6 Å². The first-order chi connectivity index (χ1) is 26.6. The van der Waals surface area contributed by atoms with Crippen molar-refractivity contribution in [2.24, 2.45) is 0 Å². The van der Waals surface area contributed by atoms with E-state index in [1.54, 1.807) is 0 Å². The van der Waals surface area contributed by atoms with Crippen LogP contribution in [0, 0.1) is 0 Å². The minimum absolute atomic E-state index is 0. The van der Waals surface area contributed by atoms with Gasteiger partial charge in [0.15, 0.2) is 0 Å². The first kappa shape index (κ1) is 65.0. The molecule has 0 aliphatic heterocycles. The van der Waals surface area contributed by atoms with Gasteiger partial charge in [-0.1, -0.05) is 0 Å². The van der Waals surface area contributed by atoms with Gasteiger partial charge in [-0.2, -0.15) is 158 Å². The summed E-state index contributed by atoms with van der Waals surface area (Å²) in [7, 11) is 0. The fraction of sp³-hybridized carbons (Fsp3) is 1.00. The fourth-order valence-electron chi connectivity index (χ4n) is 3.61. The molecule has 0 aromatic rings. The van der Waals surface area contributed by atoms with Crippen LogP contribution in [0.15, 0.2) is 0 Å². The molecule has 0 aromatic heterocycles. The van der Waals surface area contributed by atoms with Crippen molar-refractivity contribution >= 4 is 58.2 Å². The van der Waals surface area contributed by atoms with Crippen molar-refractivity contribution < 1.29 is 180 Å². The summed E-state index contributed by atoms with van der Waals surface area (Å²) >= 11 is 0. The van der Waals surface area contributed by atoms with Crippen molar-refractivity contribution in [3.63, 3.8) is 0 Å². The Morgan fingerprint density at radius 1 is 0.219 bits per heavy atom. The van der Waals surface area contributed by atoms with Crippen LogP contribution in [0.4, 0.5) is 176 Å². The topological polar surface area (TPSA) is 9.23 Å². The maximum atomic E-state index is 13.9. The Kier molecular flexibility index (Phi) is 17.4. The van der Waals surface area contributed by atoms with Gasteiger partial charge in [0.05, 0.1) is 0 Å². The Hall–Kier alpha value is -1.03. The van der Waals surface area contributed by atoms with Crippen LogP contribution in [-0.4, -0.2) is 191 Å².